The zero-order valence-corrected chi connectivity index (χ0v) is 11.3. The number of alkyl carbamates (subject to hydrolysis) is 1. The van der Waals surface area contributed by atoms with Gasteiger partial charge in [-0.2, -0.15) is 0 Å². The highest BCUT2D eigenvalue weighted by molar-refractivity contribution is 5.85. The number of hydrogen-bond donors (Lipinski definition) is 1. The predicted octanol–water partition coefficient (Wildman–Crippen LogP) is 2.05. The largest absolute Gasteiger partial charge is 0.461 e. The van der Waals surface area contributed by atoms with Crippen LogP contribution in [0.1, 0.15) is 24.8 Å². The van der Waals surface area contributed by atoms with Gasteiger partial charge in [0.1, 0.15) is 6.61 Å². The van der Waals surface area contributed by atoms with Gasteiger partial charge in [-0.05, 0) is 31.2 Å². The van der Waals surface area contributed by atoms with Crippen molar-refractivity contribution in [2.24, 2.45) is 0 Å². The minimum atomic E-state index is -0.547. The van der Waals surface area contributed by atoms with E-state index < -0.39 is 18.1 Å². The van der Waals surface area contributed by atoms with E-state index in [1.165, 1.54) is 5.56 Å². The van der Waals surface area contributed by atoms with Crippen LogP contribution in [-0.4, -0.2) is 31.3 Å². The predicted molar refractivity (Wildman–Crippen MR) is 73.2 cm³/mol. The van der Waals surface area contributed by atoms with E-state index in [1.54, 1.807) is 0 Å². The van der Waals surface area contributed by atoms with Crippen molar-refractivity contribution >= 4 is 12.1 Å². The van der Waals surface area contributed by atoms with Gasteiger partial charge in [0, 0.05) is 0 Å². The molecule has 1 fully saturated rings. The summed E-state index contributed by atoms with van der Waals surface area (Å²) in [5.41, 5.74) is 1.33. The summed E-state index contributed by atoms with van der Waals surface area (Å²) in [6.07, 6.45) is 3.41. The highest BCUT2D eigenvalue weighted by Gasteiger charge is 2.32. The second-order valence-electron chi connectivity index (χ2n) is 4.76. The fourth-order valence-corrected chi connectivity index (χ4v) is 1.94. The maximum absolute atomic E-state index is 11.3. The Morgan fingerprint density at radius 1 is 1.25 bits per heavy atom. The lowest BCUT2D eigenvalue weighted by Crippen LogP contribution is -2.53. The van der Waals surface area contributed by atoms with Crippen LogP contribution in [0.5, 0.6) is 0 Å². The number of rotatable bonds is 7. The third kappa shape index (κ3) is 4.57. The molecule has 1 N–H and O–H groups in total. The number of nitrogens with one attached hydrogen (secondary N) is 1. The number of carbonyl (C=O) groups excluding carboxylic acids is 2. The smallest absolute Gasteiger partial charge is 0.407 e. The summed E-state index contributed by atoms with van der Waals surface area (Å²) >= 11 is 0. The number of amides is 1. The lowest BCUT2D eigenvalue weighted by atomic mass is 10.1. The molecule has 5 heteroatoms. The molecule has 1 amide bonds. The van der Waals surface area contributed by atoms with Gasteiger partial charge in [-0.25, -0.2) is 9.59 Å². The van der Waals surface area contributed by atoms with Gasteiger partial charge in [-0.3, -0.25) is 0 Å². The number of esters is 1. The zero-order valence-electron chi connectivity index (χ0n) is 11.3. The Balaban J connectivity index is 1.47. The number of ether oxygens (including phenoxy) is 2. The van der Waals surface area contributed by atoms with Crippen molar-refractivity contribution in [3.8, 4) is 0 Å². The zero-order chi connectivity index (χ0) is 14.2. The summed E-state index contributed by atoms with van der Waals surface area (Å²) in [5.74, 6) is -0.398. The van der Waals surface area contributed by atoms with E-state index in [-0.39, 0.29) is 6.61 Å². The summed E-state index contributed by atoms with van der Waals surface area (Å²) in [7, 11) is 0. The highest BCUT2D eigenvalue weighted by atomic mass is 16.6. The Morgan fingerprint density at radius 2 is 2.05 bits per heavy atom. The van der Waals surface area contributed by atoms with E-state index in [9.17, 15) is 9.59 Å². The van der Waals surface area contributed by atoms with Crippen molar-refractivity contribution in [2.45, 2.75) is 31.7 Å². The molecule has 1 aromatic rings. The van der Waals surface area contributed by atoms with Crippen molar-refractivity contribution in [1.82, 2.24) is 5.32 Å². The first-order valence-electron chi connectivity index (χ1n) is 6.89. The van der Waals surface area contributed by atoms with Gasteiger partial charge in [0.15, 0.2) is 6.04 Å². The van der Waals surface area contributed by atoms with Crippen LogP contribution in [0.2, 0.25) is 0 Å². The molecule has 0 radical (unpaired) electrons. The first kappa shape index (κ1) is 14.4. The quantitative estimate of drug-likeness (QED) is 0.612. The lowest BCUT2D eigenvalue weighted by Gasteiger charge is -2.24. The number of hydrogen-bond acceptors (Lipinski definition) is 4. The van der Waals surface area contributed by atoms with Gasteiger partial charge in [0.2, 0.25) is 0 Å². The summed E-state index contributed by atoms with van der Waals surface area (Å²) in [6.45, 7) is 0.618. The van der Waals surface area contributed by atoms with Crippen LogP contribution in [0.4, 0.5) is 4.79 Å². The second kappa shape index (κ2) is 7.53. The molecule has 0 unspecified atom stereocenters. The Bertz CT molecular complexity index is 446. The Hall–Kier alpha value is -2.04. The second-order valence-corrected chi connectivity index (χ2v) is 4.76. The van der Waals surface area contributed by atoms with E-state index in [4.69, 9.17) is 4.74 Å². The van der Waals surface area contributed by atoms with Crippen LogP contribution < -0.4 is 5.32 Å². The van der Waals surface area contributed by atoms with Crippen LogP contribution in [-0.2, 0) is 20.7 Å². The normalized spacial score (nSPS) is 17.0. The van der Waals surface area contributed by atoms with E-state index in [0.29, 0.717) is 6.61 Å². The van der Waals surface area contributed by atoms with Gasteiger partial charge in [0.05, 0.1) is 6.61 Å². The molecule has 20 heavy (non-hydrogen) atoms. The summed E-state index contributed by atoms with van der Waals surface area (Å²) < 4.78 is 9.53. The minimum absolute atomic E-state index is 0.241. The van der Waals surface area contributed by atoms with Crippen molar-refractivity contribution in [3.05, 3.63) is 35.9 Å². The molecule has 0 aliphatic carbocycles. The van der Waals surface area contributed by atoms with Crippen LogP contribution >= 0.6 is 0 Å². The molecule has 1 saturated heterocycles. The molecule has 0 spiro atoms. The average Bonchev–Trinajstić information content (AvgIpc) is 2.48. The first-order valence-corrected chi connectivity index (χ1v) is 6.89. The lowest BCUT2D eigenvalue weighted by molar-refractivity contribution is -0.162. The molecule has 0 saturated carbocycles. The topological polar surface area (TPSA) is 64.6 Å². The molecule has 0 aromatic heterocycles. The molecule has 5 nitrogen and oxygen atoms in total. The fraction of sp³-hybridized carbons (Fsp3) is 0.467. The van der Waals surface area contributed by atoms with E-state index >= 15 is 0 Å². The van der Waals surface area contributed by atoms with Gasteiger partial charge in [-0.1, -0.05) is 30.3 Å². The van der Waals surface area contributed by atoms with Gasteiger partial charge < -0.3 is 14.8 Å². The first-order chi connectivity index (χ1) is 9.75. The Labute approximate surface area is 118 Å². The molecule has 1 heterocycles. The van der Waals surface area contributed by atoms with Gasteiger partial charge in [0.25, 0.3) is 0 Å². The maximum Gasteiger partial charge on any atom is 0.407 e. The fourth-order valence-electron chi connectivity index (χ4n) is 1.94. The molecule has 1 aliphatic rings. The monoisotopic (exact) mass is 277 g/mol. The molecule has 2 rings (SSSR count). The molecule has 1 atom stereocenters. The number of unbranched alkanes of at least 4 members (excludes halogenated alkanes) is 2. The summed E-state index contributed by atoms with van der Waals surface area (Å²) in [5, 5.41) is 2.45. The molecular formula is C15H19NO4. The number of carbonyl (C=O) groups is 2. The van der Waals surface area contributed by atoms with Crippen molar-refractivity contribution in [3.63, 3.8) is 0 Å². The third-order valence-corrected chi connectivity index (χ3v) is 3.15. The third-order valence-electron chi connectivity index (χ3n) is 3.15. The number of benzene rings is 1. The molecule has 0 bridgehead atoms. The van der Waals surface area contributed by atoms with E-state index in [1.807, 2.05) is 18.2 Å². The Kier molecular flexibility index (Phi) is 5.41. The van der Waals surface area contributed by atoms with Crippen molar-refractivity contribution in [2.75, 3.05) is 13.2 Å². The Morgan fingerprint density at radius 3 is 2.70 bits per heavy atom. The number of aryl methyl sites for hydroxylation is 1. The molecule has 1 aliphatic heterocycles. The maximum atomic E-state index is 11.3. The standard InChI is InChI=1S/C15H19NO4/c17-14-13(11-20-14)16-15(18)19-10-6-2-5-9-12-7-3-1-4-8-12/h1,3-4,7-8,13H,2,5-6,9-11H2,(H,16,18)/t13-/m1/s1. The molecule has 1 aromatic carbocycles. The van der Waals surface area contributed by atoms with Crippen LogP contribution in [0.25, 0.3) is 0 Å². The molecular weight excluding hydrogens is 258 g/mol. The number of cyclic esters (lactones) is 1. The van der Waals surface area contributed by atoms with E-state index in [2.05, 4.69) is 22.2 Å². The van der Waals surface area contributed by atoms with E-state index in [0.717, 1.165) is 25.7 Å². The molecule has 108 valence electrons. The summed E-state index contributed by atoms with van der Waals surface area (Å²) in [4.78, 5) is 22.1. The summed E-state index contributed by atoms with van der Waals surface area (Å²) in [6, 6.07) is 9.78. The van der Waals surface area contributed by atoms with Gasteiger partial charge in [-0.15, -0.1) is 0 Å². The van der Waals surface area contributed by atoms with Crippen molar-refractivity contribution in [1.29, 1.82) is 0 Å². The van der Waals surface area contributed by atoms with Crippen LogP contribution in [0.15, 0.2) is 30.3 Å². The SMILES string of the molecule is O=C(N[C@@H]1COC1=O)OCCCCCc1ccccc1. The van der Waals surface area contributed by atoms with Crippen molar-refractivity contribution < 1.29 is 19.1 Å². The van der Waals surface area contributed by atoms with Crippen LogP contribution in [0, 0.1) is 0 Å². The highest BCUT2D eigenvalue weighted by Crippen LogP contribution is 2.06. The average molecular weight is 277 g/mol. The minimum Gasteiger partial charge on any atom is -0.461 e. The van der Waals surface area contributed by atoms with Crippen LogP contribution in [0.3, 0.4) is 0 Å². The van der Waals surface area contributed by atoms with Gasteiger partial charge >= 0.3 is 12.1 Å².